The van der Waals surface area contributed by atoms with E-state index in [0.29, 0.717) is 18.9 Å². The number of thioether (sulfide) groups is 1. The van der Waals surface area contributed by atoms with Gasteiger partial charge in [-0.2, -0.15) is 0 Å². The van der Waals surface area contributed by atoms with Gasteiger partial charge < -0.3 is 10.2 Å². The molecule has 1 aliphatic heterocycles. The van der Waals surface area contributed by atoms with Gasteiger partial charge in [-0.25, -0.2) is 0 Å². The Morgan fingerprint density at radius 1 is 1.32 bits per heavy atom. The standard InChI is InChI=1S/C17H22N2O2S/c1-11(12-3-4-12)18-17(21)13-9-16(20)19(10-13)14-5-7-15(22-2)8-6-14/h5-8,11-13H,3-4,9-10H2,1-2H3,(H,18,21). The molecule has 3 rings (SSSR count). The zero-order valence-electron chi connectivity index (χ0n) is 13.0. The molecule has 2 atom stereocenters. The van der Waals surface area contributed by atoms with E-state index in [1.165, 1.54) is 17.7 Å². The van der Waals surface area contributed by atoms with Gasteiger partial charge in [0, 0.05) is 29.6 Å². The van der Waals surface area contributed by atoms with Crippen molar-refractivity contribution in [1.82, 2.24) is 5.32 Å². The topological polar surface area (TPSA) is 49.4 Å². The fourth-order valence-corrected chi connectivity index (χ4v) is 3.36. The van der Waals surface area contributed by atoms with Gasteiger partial charge in [0.25, 0.3) is 0 Å². The van der Waals surface area contributed by atoms with Crippen molar-refractivity contribution in [1.29, 1.82) is 0 Å². The van der Waals surface area contributed by atoms with Gasteiger partial charge in [0.2, 0.25) is 11.8 Å². The van der Waals surface area contributed by atoms with Crippen molar-refractivity contribution in [3.05, 3.63) is 24.3 Å². The van der Waals surface area contributed by atoms with E-state index in [1.54, 1.807) is 16.7 Å². The van der Waals surface area contributed by atoms with Gasteiger partial charge in [0.1, 0.15) is 0 Å². The molecule has 0 aromatic heterocycles. The van der Waals surface area contributed by atoms with Crippen LogP contribution in [-0.2, 0) is 9.59 Å². The highest BCUT2D eigenvalue weighted by Gasteiger charge is 2.37. The molecule has 2 unspecified atom stereocenters. The van der Waals surface area contributed by atoms with Gasteiger partial charge in [0.05, 0.1) is 5.92 Å². The molecule has 4 nitrogen and oxygen atoms in total. The van der Waals surface area contributed by atoms with Crippen molar-refractivity contribution in [2.45, 2.75) is 37.1 Å². The number of hydrogen-bond acceptors (Lipinski definition) is 3. The Kier molecular flexibility index (Phi) is 4.43. The molecule has 0 radical (unpaired) electrons. The smallest absolute Gasteiger partial charge is 0.227 e. The van der Waals surface area contributed by atoms with Crippen LogP contribution in [0.3, 0.4) is 0 Å². The quantitative estimate of drug-likeness (QED) is 0.849. The second-order valence-corrected chi connectivity index (χ2v) is 7.12. The van der Waals surface area contributed by atoms with E-state index in [0.717, 1.165) is 5.69 Å². The Morgan fingerprint density at radius 3 is 2.59 bits per heavy atom. The molecule has 2 fully saturated rings. The molecule has 1 aromatic carbocycles. The van der Waals surface area contributed by atoms with Crippen LogP contribution >= 0.6 is 11.8 Å². The number of nitrogens with one attached hydrogen (secondary N) is 1. The first-order valence-electron chi connectivity index (χ1n) is 7.83. The predicted octanol–water partition coefficient (Wildman–Crippen LogP) is 2.68. The van der Waals surface area contributed by atoms with Crippen LogP contribution in [0.2, 0.25) is 0 Å². The highest BCUT2D eigenvalue weighted by atomic mass is 32.2. The summed E-state index contributed by atoms with van der Waals surface area (Å²) in [5.41, 5.74) is 0.883. The van der Waals surface area contributed by atoms with Gasteiger partial charge in [-0.15, -0.1) is 11.8 Å². The summed E-state index contributed by atoms with van der Waals surface area (Å²) >= 11 is 1.67. The number of carbonyl (C=O) groups excluding carboxylic acids is 2. The molecule has 0 bridgehead atoms. The molecule has 5 heteroatoms. The predicted molar refractivity (Wildman–Crippen MR) is 89.0 cm³/mol. The highest BCUT2D eigenvalue weighted by molar-refractivity contribution is 7.98. The maximum atomic E-state index is 12.3. The molecule has 1 heterocycles. The maximum Gasteiger partial charge on any atom is 0.227 e. The highest BCUT2D eigenvalue weighted by Crippen LogP contribution is 2.33. The number of amides is 2. The number of hydrogen-bond donors (Lipinski definition) is 1. The third-order valence-corrected chi connectivity index (χ3v) is 5.32. The van der Waals surface area contributed by atoms with Crippen LogP contribution in [0, 0.1) is 11.8 Å². The molecule has 1 saturated carbocycles. The Balaban J connectivity index is 1.62. The third-order valence-electron chi connectivity index (χ3n) is 4.58. The van der Waals surface area contributed by atoms with Gasteiger partial charge in [0.15, 0.2) is 0 Å². The average molecular weight is 318 g/mol. The van der Waals surface area contributed by atoms with Crippen molar-refractivity contribution in [2.75, 3.05) is 17.7 Å². The zero-order valence-corrected chi connectivity index (χ0v) is 13.9. The largest absolute Gasteiger partial charge is 0.353 e. The van der Waals surface area contributed by atoms with Crippen LogP contribution in [0.4, 0.5) is 5.69 Å². The van der Waals surface area contributed by atoms with Gasteiger partial charge >= 0.3 is 0 Å². The number of carbonyl (C=O) groups is 2. The minimum atomic E-state index is -0.228. The second-order valence-electron chi connectivity index (χ2n) is 6.24. The molecule has 118 valence electrons. The second kappa shape index (κ2) is 6.32. The lowest BCUT2D eigenvalue weighted by Crippen LogP contribution is -2.39. The van der Waals surface area contributed by atoms with E-state index in [1.807, 2.05) is 30.5 Å². The van der Waals surface area contributed by atoms with E-state index >= 15 is 0 Å². The van der Waals surface area contributed by atoms with Crippen molar-refractivity contribution in [3.8, 4) is 0 Å². The summed E-state index contributed by atoms with van der Waals surface area (Å²) < 4.78 is 0. The monoisotopic (exact) mass is 318 g/mol. The van der Waals surface area contributed by atoms with Crippen molar-refractivity contribution in [2.24, 2.45) is 11.8 Å². The number of benzene rings is 1. The Bertz CT molecular complexity index is 569. The van der Waals surface area contributed by atoms with Crippen LogP contribution in [0.15, 0.2) is 29.2 Å². The molecule has 2 aliphatic rings. The lowest BCUT2D eigenvalue weighted by Gasteiger charge is -2.18. The Morgan fingerprint density at radius 2 is 2.00 bits per heavy atom. The fraction of sp³-hybridized carbons (Fsp3) is 0.529. The molecule has 0 spiro atoms. The molecule has 1 saturated heterocycles. The normalized spacial score (nSPS) is 22.7. The van der Waals surface area contributed by atoms with Crippen LogP contribution in [0.1, 0.15) is 26.2 Å². The lowest BCUT2D eigenvalue weighted by atomic mass is 10.1. The van der Waals surface area contributed by atoms with E-state index in [-0.39, 0.29) is 23.8 Å². The van der Waals surface area contributed by atoms with Crippen LogP contribution < -0.4 is 10.2 Å². The fourth-order valence-electron chi connectivity index (χ4n) is 2.95. The minimum absolute atomic E-state index is 0.0241. The molecule has 1 aliphatic carbocycles. The van der Waals surface area contributed by atoms with Gasteiger partial charge in [-0.05, 0) is 56.2 Å². The Labute approximate surface area is 135 Å². The summed E-state index contributed by atoms with van der Waals surface area (Å²) in [6.45, 7) is 2.55. The van der Waals surface area contributed by atoms with E-state index in [9.17, 15) is 9.59 Å². The summed E-state index contributed by atoms with van der Waals surface area (Å²) in [6, 6.07) is 8.16. The summed E-state index contributed by atoms with van der Waals surface area (Å²) in [4.78, 5) is 27.4. The zero-order chi connectivity index (χ0) is 15.7. The van der Waals surface area contributed by atoms with Crippen molar-refractivity contribution >= 4 is 29.3 Å². The summed E-state index contributed by atoms with van der Waals surface area (Å²) in [5.74, 6) is 0.470. The average Bonchev–Trinajstić information content (AvgIpc) is 3.30. The van der Waals surface area contributed by atoms with Crippen molar-refractivity contribution < 1.29 is 9.59 Å². The number of nitrogens with zero attached hydrogens (tertiary/aromatic N) is 1. The SMILES string of the molecule is CSc1ccc(N2CC(C(=O)NC(C)C3CC3)CC2=O)cc1. The van der Waals surface area contributed by atoms with Gasteiger partial charge in [-0.1, -0.05) is 0 Å². The number of anilines is 1. The maximum absolute atomic E-state index is 12.3. The molecular formula is C17H22N2O2S. The minimum Gasteiger partial charge on any atom is -0.353 e. The number of rotatable bonds is 5. The Hall–Kier alpha value is -1.49. The van der Waals surface area contributed by atoms with Crippen LogP contribution in [-0.4, -0.2) is 30.7 Å². The first-order chi connectivity index (χ1) is 10.6. The van der Waals surface area contributed by atoms with Gasteiger partial charge in [-0.3, -0.25) is 9.59 Å². The molecular weight excluding hydrogens is 296 g/mol. The molecule has 22 heavy (non-hydrogen) atoms. The first kappa shape index (κ1) is 15.4. The van der Waals surface area contributed by atoms with Crippen LogP contribution in [0.25, 0.3) is 0 Å². The lowest BCUT2D eigenvalue weighted by molar-refractivity contribution is -0.126. The van der Waals surface area contributed by atoms with Crippen LogP contribution in [0.5, 0.6) is 0 Å². The summed E-state index contributed by atoms with van der Waals surface area (Å²) in [6.07, 6.45) is 4.75. The summed E-state index contributed by atoms with van der Waals surface area (Å²) in [5, 5.41) is 3.07. The summed E-state index contributed by atoms with van der Waals surface area (Å²) in [7, 11) is 0. The third kappa shape index (κ3) is 3.29. The van der Waals surface area contributed by atoms with E-state index < -0.39 is 0 Å². The molecule has 1 aromatic rings. The first-order valence-corrected chi connectivity index (χ1v) is 9.05. The molecule has 1 N–H and O–H groups in total. The van der Waals surface area contributed by atoms with E-state index in [4.69, 9.17) is 0 Å². The molecule has 2 amide bonds. The van der Waals surface area contributed by atoms with E-state index in [2.05, 4.69) is 12.2 Å². The van der Waals surface area contributed by atoms with Crippen molar-refractivity contribution in [3.63, 3.8) is 0 Å².